The number of nitrogens with zero attached hydrogens (tertiary/aromatic N) is 4. The number of halogens is 1. The first-order valence-electron chi connectivity index (χ1n) is 6.54. The summed E-state index contributed by atoms with van der Waals surface area (Å²) < 4.78 is 5.05. The Hall–Kier alpha value is -1.11. The standard InChI is InChI=1S/C12H18ClN5O/c1-19-12-15-6-10(13)11(16-12)18-7-9(8-18)17-4-2-14-3-5-17/h6,9,14H,2-5,7-8H2,1H3. The number of anilines is 1. The molecule has 0 spiro atoms. The van der Waals surface area contributed by atoms with Gasteiger partial charge < -0.3 is 15.0 Å². The fourth-order valence-electron chi connectivity index (χ4n) is 2.57. The number of methoxy groups -OCH3 is 1. The van der Waals surface area contributed by atoms with Gasteiger partial charge in [-0.3, -0.25) is 4.90 Å². The molecule has 2 saturated heterocycles. The summed E-state index contributed by atoms with van der Waals surface area (Å²) in [6.07, 6.45) is 1.60. The lowest BCUT2D eigenvalue weighted by Crippen LogP contribution is -2.63. The summed E-state index contributed by atoms with van der Waals surface area (Å²) in [5.41, 5.74) is 0. The summed E-state index contributed by atoms with van der Waals surface area (Å²) in [7, 11) is 1.56. The van der Waals surface area contributed by atoms with E-state index in [4.69, 9.17) is 16.3 Å². The van der Waals surface area contributed by atoms with Gasteiger partial charge in [-0.25, -0.2) is 4.98 Å². The highest BCUT2D eigenvalue weighted by Gasteiger charge is 2.34. The Labute approximate surface area is 117 Å². The molecule has 0 saturated carbocycles. The second kappa shape index (κ2) is 5.48. The number of piperazine rings is 1. The molecular weight excluding hydrogens is 266 g/mol. The van der Waals surface area contributed by atoms with E-state index < -0.39 is 0 Å². The minimum Gasteiger partial charge on any atom is -0.467 e. The molecule has 0 aromatic carbocycles. The first-order valence-corrected chi connectivity index (χ1v) is 6.92. The Bertz CT molecular complexity index is 446. The highest BCUT2D eigenvalue weighted by atomic mass is 35.5. The van der Waals surface area contributed by atoms with Crippen LogP contribution in [0.3, 0.4) is 0 Å². The van der Waals surface area contributed by atoms with Crippen LogP contribution in [0.25, 0.3) is 0 Å². The zero-order valence-electron chi connectivity index (χ0n) is 11.0. The molecule has 0 bridgehead atoms. The van der Waals surface area contributed by atoms with E-state index in [0.717, 1.165) is 45.1 Å². The number of hydrogen-bond donors (Lipinski definition) is 1. The summed E-state index contributed by atoms with van der Waals surface area (Å²) in [6.45, 7) is 6.36. The number of aromatic nitrogens is 2. The molecule has 1 aromatic heterocycles. The van der Waals surface area contributed by atoms with Gasteiger partial charge in [0.1, 0.15) is 5.02 Å². The normalized spacial score (nSPS) is 21.3. The van der Waals surface area contributed by atoms with Crippen molar-refractivity contribution < 1.29 is 4.74 Å². The van der Waals surface area contributed by atoms with Crippen LogP contribution in [0.15, 0.2) is 6.20 Å². The lowest BCUT2D eigenvalue weighted by atomic mass is 10.1. The van der Waals surface area contributed by atoms with Crippen molar-refractivity contribution in [3.05, 3.63) is 11.2 Å². The summed E-state index contributed by atoms with van der Waals surface area (Å²) >= 11 is 6.15. The van der Waals surface area contributed by atoms with Gasteiger partial charge in [0.05, 0.1) is 13.3 Å². The molecule has 7 heteroatoms. The van der Waals surface area contributed by atoms with Crippen molar-refractivity contribution in [2.45, 2.75) is 6.04 Å². The van der Waals surface area contributed by atoms with Crippen LogP contribution in [0, 0.1) is 0 Å². The number of hydrogen-bond acceptors (Lipinski definition) is 6. The van der Waals surface area contributed by atoms with Gasteiger partial charge in [0.15, 0.2) is 5.82 Å². The molecule has 3 rings (SSSR count). The van der Waals surface area contributed by atoms with E-state index in [0.29, 0.717) is 17.1 Å². The molecule has 0 aliphatic carbocycles. The van der Waals surface area contributed by atoms with Crippen molar-refractivity contribution >= 4 is 17.4 Å². The Morgan fingerprint density at radius 3 is 2.79 bits per heavy atom. The third-order valence-corrected chi connectivity index (χ3v) is 3.98. The molecule has 2 fully saturated rings. The predicted molar refractivity (Wildman–Crippen MR) is 74.0 cm³/mol. The highest BCUT2D eigenvalue weighted by Crippen LogP contribution is 2.29. The molecule has 1 aromatic rings. The summed E-state index contributed by atoms with van der Waals surface area (Å²) in [5.74, 6) is 0.778. The van der Waals surface area contributed by atoms with Crippen LogP contribution in [-0.4, -0.2) is 67.3 Å². The average molecular weight is 284 g/mol. The largest absolute Gasteiger partial charge is 0.467 e. The summed E-state index contributed by atoms with van der Waals surface area (Å²) in [6, 6.07) is 0.976. The lowest BCUT2D eigenvalue weighted by molar-refractivity contribution is 0.147. The first kappa shape index (κ1) is 12.9. The Balaban J connectivity index is 1.63. The van der Waals surface area contributed by atoms with Crippen LogP contribution >= 0.6 is 11.6 Å². The zero-order chi connectivity index (χ0) is 13.2. The first-order chi connectivity index (χ1) is 9.28. The monoisotopic (exact) mass is 283 g/mol. The fraction of sp³-hybridized carbons (Fsp3) is 0.667. The van der Waals surface area contributed by atoms with Crippen molar-refractivity contribution in [1.29, 1.82) is 0 Å². The minimum atomic E-state index is 0.366. The molecule has 0 radical (unpaired) electrons. The van der Waals surface area contributed by atoms with Crippen LogP contribution in [0.2, 0.25) is 5.02 Å². The van der Waals surface area contributed by atoms with Crippen molar-refractivity contribution in [2.24, 2.45) is 0 Å². The van der Waals surface area contributed by atoms with Gasteiger partial charge in [-0.1, -0.05) is 11.6 Å². The molecule has 1 N–H and O–H groups in total. The maximum absolute atomic E-state index is 6.15. The highest BCUT2D eigenvalue weighted by molar-refractivity contribution is 6.32. The van der Waals surface area contributed by atoms with Gasteiger partial charge in [-0.05, 0) is 0 Å². The molecule has 2 aliphatic rings. The second-order valence-electron chi connectivity index (χ2n) is 4.87. The van der Waals surface area contributed by atoms with Gasteiger partial charge in [0, 0.05) is 45.3 Å². The molecule has 0 atom stereocenters. The Morgan fingerprint density at radius 2 is 2.11 bits per heavy atom. The molecule has 3 heterocycles. The van der Waals surface area contributed by atoms with Crippen LogP contribution < -0.4 is 15.0 Å². The smallest absolute Gasteiger partial charge is 0.318 e. The maximum Gasteiger partial charge on any atom is 0.318 e. The SMILES string of the molecule is COc1ncc(Cl)c(N2CC(N3CCNCC3)C2)n1. The van der Waals surface area contributed by atoms with Crippen LogP contribution in [-0.2, 0) is 0 Å². The predicted octanol–water partition coefficient (Wildman–Crippen LogP) is 0.232. The minimum absolute atomic E-state index is 0.366. The van der Waals surface area contributed by atoms with Gasteiger partial charge in [0.25, 0.3) is 0 Å². The second-order valence-corrected chi connectivity index (χ2v) is 5.28. The lowest BCUT2D eigenvalue weighted by Gasteiger charge is -2.47. The quantitative estimate of drug-likeness (QED) is 0.857. The van der Waals surface area contributed by atoms with Crippen LogP contribution in [0.5, 0.6) is 6.01 Å². The zero-order valence-corrected chi connectivity index (χ0v) is 11.7. The van der Waals surface area contributed by atoms with Crippen LogP contribution in [0.4, 0.5) is 5.82 Å². The molecule has 0 amide bonds. The summed E-state index contributed by atoms with van der Waals surface area (Å²) in [5, 5.41) is 3.95. The summed E-state index contributed by atoms with van der Waals surface area (Å²) in [4.78, 5) is 13.0. The average Bonchev–Trinajstić information content (AvgIpc) is 2.40. The maximum atomic E-state index is 6.15. The fourth-order valence-corrected chi connectivity index (χ4v) is 2.78. The van der Waals surface area contributed by atoms with E-state index in [1.807, 2.05) is 0 Å². The van der Waals surface area contributed by atoms with Crippen LogP contribution in [0.1, 0.15) is 0 Å². The molecule has 2 aliphatic heterocycles. The van der Waals surface area contributed by atoms with Crippen molar-refractivity contribution in [3.8, 4) is 6.01 Å². The van der Waals surface area contributed by atoms with E-state index in [-0.39, 0.29) is 0 Å². The number of ether oxygens (including phenoxy) is 1. The molecule has 19 heavy (non-hydrogen) atoms. The van der Waals surface area contributed by atoms with E-state index >= 15 is 0 Å². The molecule has 6 nitrogen and oxygen atoms in total. The van der Waals surface area contributed by atoms with E-state index in [1.54, 1.807) is 13.3 Å². The Kier molecular flexibility index (Phi) is 3.72. The Morgan fingerprint density at radius 1 is 1.37 bits per heavy atom. The van der Waals surface area contributed by atoms with E-state index in [9.17, 15) is 0 Å². The third kappa shape index (κ3) is 2.61. The number of rotatable bonds is 3. The molecule has 104 valence electrons. The van der Waals surface area contributed by atoms with Crippen molar-refractivity contribution in [2.75, 3.05) is 51.3 Å². The van der Waals surface area contributed by atoms with Gasteiger partial charge in [0.2, 0.25) is 0 Å². The molecular formula is C12H18ClN5O. The van der Waals surface area contributed by atoms with E-state index in [2.05, 4.69) is 25.1 Å². The van der Waals surface area contributed by atoms with Gasteiger partial charge in [-0.2, -0.15) is 4.98 Å². The van der Waals surface area contributed by atoms with Gasteiger partial charge >= 0.3 is 6.01 Å². The topological polar surface area (TPSA) is 53.5 Å². The third-order valence-electron chi connectivity index (χ3n) is 3.72. The van der Waals surface area contributed by atoms with Crippen molar-refractivity contribution in [1.82, 2.24) is 20.2 Å². The molecule has 0 unspecified atom stereocenters. The van der Waals surface area contributed by atoms with Gasteiger partial charge in [-0.15, -0.1) is 0 Å². The van der Waals surface area contributed by atoms with Crippen molar-refractivity contribution in [3.63, 3.8) is 0 Å². The number of nitrogens with one attached hydrogen (secondary N) is 1. The van der Waals surface area contributed by atoms with E-state index in [1.165, 1.54) is 0 Å².